The average Bonchev–Trinajstić information content (AvgIpc) is 2.55. The van der Waals surface area contributed by atoms with Gasteiger partial charge in [0, 0.05) is 7.05 Å². The largest absolute Gasteiger partial charge is 0.364 e. The fraction of sp³-hybridized carbons (Fsp3) is 0.167. The summed E-state index contributed by atoms with van der Waals surface area (Å²) in [7, 11) is 1.81. The highest BCUT2D eigenvalue weighted by Gasteiger charge is 2.03. The lowest BCUT2D eigenvalue weighted by molar-refractivity contribution is 0.420. The van der Waals surface area contributed by atoms with Crippen LogP contribution in [-0.2, 0) is 7.05 Å². The van der Waals surface area contributed by atoms with E-state index in [1.807, 2.05) is 7.05 Å². The molecule has 11 heavy (non-hydrogen) atoms. The first kappa shape index (κ1) is 6.09. The van der Waals surface area contributed by atoms with Gasteiger partial charge in [0.05, 0.1) is 11.8 Å². The van der Waals surface area contributed by atoms with E-state index < -0.39 is 0 Å². The van der Waals surface area contributed by atoms with Crippen LogP contribution in [0.4, 0.5) is 0 Å². The van der Waals surface area contributed by atoms with Crippen LogP contribution in [0.3, 0.4) is 0 Å². The number of rotatable bonds is 1. The maximum atomic E-state index is 4.64. The molecule has 0 aliphatic heterocycles. The van der Waals surface area contributed by atoms with Crippen LogP contribution in [0, 0.1) is 0 Å². The molecule has 0 saturated carbocycles. The van der Waals surface area contributed by atoms with Crippen LogP contribution >= 0.6 is 0 Å². The Kier molecular flexibility index (Phi) is 1.21. The Morgan fingerprint density at radius 2 is 2.45 bits per heavy atom. The normalized spacial score (nSPS) is 10.3. The van der Waals surface area contributed by atoms with Crippen LogP contribution in [0.25, 0.3) is 11.4 Å². The number of hydrogen-bond donors (Lipinski definition) is 0. The lowest BCUT2D eigenvalue weighted by atomic mass is 10.4. The van der Waals surface area contributed by atoms with E-state index in [4.69, 9.17) is 0 Å². The Hall–Kier alpha value is -1.65. The molecule has 0 amide bonds. The molecule has 5 nitrogen and oxygen atoms in total. The monoisotopic (exact) mass is 150 g/mol. The first-order valence-electron chi connectivity index (χ1n) is 3.11. The van der Waals surface area contributed by atoms with Crippen molar-refractivity contribution in [2.45, 2.75) is 0 Å². The van der Waals surface area contributed by atoms with E-state index >= 15 is 0 Å². The molecular formula is C6H6N4O. The molecule has 2 heterocycles. The SMILES string of the molecule is Cn1cnc(-c2cnoc2)n1. The number of hydrogen-bond acceptors (Lipinski definition) is 4. The summed E-state index contributed by atoms with van der Waals surface area (Å²) in [5.41, 5.74) is 0.797. The lowest BCUT2D eigenvalue weighted by Gasteiger charge is -1.82. The highest BCUT2D eigenvalue weighted by molar-refractivity contribution is 5.49. The summed E-state index contributed by atoms with van der Waals surface area (Å²) >= 11 is 0. The molecule has 0 unspecified atom stereocenters. The summed E-state index contributed by atoms with van der Waals surface area (Å²) in [6.07, 6.45) is 4.72. The Morgan fingerprint density at radius 1 is 1.55 bits per heavy atom. The number of nitrogens with zero attached hydrogens (tertiary/aromatic N) is 4. The molecule has 0 fully saturated rings. The van der Waals surface area contributed by atoms with E-state index in [2.05, 4.69) is 19.8 Å². The van der Waals surface area contributed by atoms with Gasteiger partial charge in [-0.05, 0) is 0 Å². The van der Waals surface area contributed by atoms with Crippen molar-refractivity contribution in [1.82, 2.24) is 19.9 Å². The van der Waals surface area contributed by atoms with E-state index in [1.54, 1.807) is 17.2 Å². The van der Waals surface area contributed by atoms with Crippen molar-refractivity contribution in [2.24, 2.45) is 7.05 Å². The van der Waals surface area contributed by atoms with Crippen molar-refractivity contribution in [3.8, 4) is 11.4 Å². The molecule has 0 spiro atoms. The van der Waals surface area contributed by atoms with Gasteiger partial charge in [0.2, 0.25) is 0 Å². The third-order valence-electron chi connectivity index (χ3n) is 1.29. The van der Waals surface area contributed by atoms with Crippen molar-refractivity contribution in [3.63, 3.8) is 0 Å². The minimum Gasteiger partial charge on any atom is -0.364 e. The van der Waals surface area contributed by atoms with Gasteiger partial charge >= 0.3 is 0 Å². The maximum Gasteiger partial charge on any atom is 0.186 e. The number of aryl methyl sites for hydroxylation is 1. The van der Waals surface area contributed by atoms with Crippen LogP contribution in [-0.4, -0.2) is 19.9 Å². The van der Waals surface area contributed by atoms with Crippen LogP contribution in [0.5, 0.6) is 0 Å². The Bertz CT molecular complexity index is 337. The summed E-state index contributed by atoms with van der Waals surface area (Å²) < 4.78 is 6.27. The summed E-state index contributed by atoms with van der Waals surface area (Å²) in [4.78, 5) is 4.01. The van der Waals surface area contributed by atoms with Crippen LogP contribution < -0.4 is 0 Å². The molecule has 0 saturated heterocycles. The Morgan fingerprint density at radius 3 is 3.00 bits per heavy atom. The zero-order valence-corrected chi connectivity index (χ0v) is 5.93. The van der Waals surface area contributed by atoms with E-state index in [0.717, 1.165) is 5.56 Å². The molecule has 56 valence electrons. The fourth-order valence-corrected chi connectivity index (χ4v) is 0.787. The van der Waals surface area contributed by atoms with Crippen molar-refractivity contribution in [2.75, 3.05) is 0 Å². The first-order chi connectivity index (χ1) is 5.36. The standard InChI is InChI=1S/C6H6N4O/c1-10-4-7-6(9-10)5-2-8-11-3-5/h2-4H,1H3. The highest BCUT2D eigenvalue weighted by Crippen LogP contribution is 2.10. The Balaban J connectivity index is 2.45. The van der Waals surface area contributed by atoms with E-state index in [1.165, 1.54) is 6.26 Å². The van der Waals surface area contributed by atoms with Gasteiger partial charge in [-0.15, -0.1) is 0 Å². The molecule has 0 N–H and O–H groups in total. The van der Waals surface area contributed by atoms with Gasteiger partial charge in [-0.3, -0.25) is 4.68 Å². The average molecular weight is 150 g/mol. The van der Waals surface area contributed by atoms with Gasteiger partial charge in [0.15, 0.2) is 5.82 Å². The lowest BCUT2D eigenvalue weighted by Crippen LogP contribution is -1.86. The van der Waals surface area contributed by atoms with Gasteiger partial charge in [-0.1, -0.05) is 5.16 Å². The van der Waals surface area contributed by atoms with Crippen molar-refractivity contribution in [1.29, 1.82) is 0 Å². The molecule has 2 rings (SSSR count). The zero-order valence-electron chi connectivity index (χ0n) is 5.93. The van der Waals surface area contributed by atoms with Crippen molar-refractivity contribution in [3.05, 3.63) is 18.8 Å². The minimum absolute atomic E-state index is 0.633. The third-order valence-corrected chi connectivity index (χ3v) is 1.29. The second-order valence-electron chi connectivity index (χ2n) is 2.15. The quantitative estimate of drug-likeness (QED) is 0.593. The first-order valence-corrected chi connectivity index (χ1v) is 3.11. The molecule has 0 radical (unpaired) electrons. The van der Waals surface area contributed by atoms with Gasteiger partial charge in [-0.2, -0.15) is 5.10 Å². The molecule has 0 atom stereocenters. The van der Waals surface area contributed by atoms with Crippen LogP contribution in [0.1, 0.15) is 0 Å². The van der Waals surface area contributed by atoms with Crippen molar-refractivity contribution < 1.29 is 4.52 Å². The zero-order chi connectivity index (χ0) is 7.68. The van der Waals surface area contributed by atoms with E-state index in [-0.39, 0.29) is 0 Å². The predicted molar refractivity (Wildman–Crippen MR) is 36.5 cm³/mol. The summed E-state index contributed by atoms with van der Waals surface area (Å²) in [6.45, 7) is 0. The van der Waals surface area contributed by atoms with E-state index in [0.29, 0.717) is 5.82 Å². The molecule has 0 aromatic carbocycles. The van der Waals surface area contributed by atoms with Crippen molar-refractivity contribution >= 4 is 0 Å². The molecule has 5 heteroatoms. The molecule has 2 aromatic heterocycles. The Labute approximate surface area is 62.6 Å². The molecule has 2 aromatic rings. The summed E-state index contributed by atoms with van der Waals surface area (Å²) in [5.74, 6) is 0.633. The highest BCUT2D eigenvalue weighted by atomic mass is 16.5. The predicted octanol–water partition coefficient (Wildman–Crippen LogP) is 0.470. The van der Waals surface area contributed by atoms with Gasteiger partial charge in [0.25, 0.3) is 0 Å². The smallest absolute Gasteiger partial charge is 0.186 e. The summed E-state index contributed by atoms with van der Waals surface area (Å²) in [5, 5.41) is 7.60. The molecule has 0 bridgehead atoms. The van der Waals surface area contributed by atoms with Gasteiger partial charge < -0.3 is 4.52 Å². The van der Waals surface area contributed by atoms with Crippen LogP contribution in [0.15, 0.2) is 23.3 Å². The summed E-state index contributed by atoms with van der Waals surface area (Å²) in [6, 6.07) is 0. The third kappa shape index (κ3) is 1.000. The van der Waals surface area contributed by atoms with Gasteiger partial charge in [-0.25, -0.2) is 4.98 Å². The fourth-order valence-electron chi connectivity index (χ4n) is 0.787. The van der Waals surface area contributed by atoms with Gasteiger partial charge in [0.1, 0.15) is 12.6 Å². The molecule has 0 aliphatic carbocycles. The minimum atomic E-state index is 0.633. The maximum absolute atomic E-state index is 4.64. The molecule has 0 aliphatic rings. The second-order valence-corrected chi connectivity index (χ2v) is 2.15. The molecular weight excluding hydrogens is 144 g/mol. The second kappa shape index (κ2) is 2.19. The van der Waals surface area contributed by atoms with Crippen LogP contribution in [0.2, 0.25) is 0 Å². The van der Waals surface area contributed by atoms with E-state index in [9.17, 15) is 0 Å². The number of aromatic nitrogens is 4. The topological polar surface area (TPSA) is 56.7 Å².